The van der Waals surface area contributed by atoms with E-state index in [1.165, 1.54) is 11.3 Å². The monoisotopic (exact) mass is 359 g/mol. The quantitative estimate of drug-likeness (QED) is 0.828. The molecule has 0 aliphatic carbocycles. The van der Waals surface area contributed by atoms with Crippen LogP contribution in [0.2, 0.25) is 10.0 Å². The third-order valence-electron chi connectivity index (χ3n) is 2.95. The van der Waals surface area contributed by atoms with E-state index in [0.717, 1.165) is 10.4 Å². The van der Waals surface area contributed by atoms with Gasteiger partial charge in [0.2, 0.25) is 0 Å². The first-order valence-electron chi connectivity index (χ1n) is 6.54. The molecule has 2 aromatic rings. The molecule has 7 heteroatoms. The van der Waals surface area contributed by atoms with Crippen LogP contribution in [0.3, 0.4) is 0 Å². The second kappa shape index (κ2) is 7.83. The molecule has 2 rings (SSSR count). The number of nitrogens with one attached hydrogen (secondary N) is 1. The Morgan fingerprint density at radius 3 is 2.82 bits per heavy atom. The summed E-state index contributed by atoms with van der Waals surface area (Å²) in [7, 11) is 0. The Hall–Kier alpha value is -1.27. The summed E-state index contributed by atoms with van der Waals surface area (Å²) < 4.78 is 5.32. The van der Waals surface area contributed by atoms with E-state index in [-0.39, 0.29) is 19.1 Å². The maximum atomic E-state index is 11.7. The molecule has 0 saturated heterocycles. The molecule has 0 radical (unpaired) electrons. The highest BCUT2D eigenvalue weighted by atomic mass is 35.5. The van der Waals surface area contributed by atoms with Gasteiger partial charge in [-0.3, -0.25) is 4.79 Å². The molecule has 1 aromatic carbocycles. The van der Waals surface area contributed by atoms with Crippen molar-refractivity contribution in [2.45, 2.75) is 13.0 Å². The third-order valence-corrected chi connectivity index (χ3v) is 4.60. The molecule has 0 aliphatic heterocycles. The lowest BCUT2D eigenvalue weighted by Gasteiger charge is -2.12. The molecule has 1 amide bonds. The zero-order valence-corrected chi connectivity index (χ0v) is 14.1. The molecule has 2 N–H and O–H groups in total. The summed E-state index contributed by atoms with van der Waals surface area (Å²) in [5, 5.41) is 15.4. The van der Waals surface area contributed by atoms with Gasteiger partial charge in [-0.25, -0.2) is 0 Å². The number of carbonyl (C=O) groups is 1. The molecule has 22 heavy (non-hydrogen) atoms. The zero-order valence-electron chi connectivity index (χ0n) is 11.8. The Labute approximate surface area is 142 Å². The maximum Gasteiger partial charge on any atom is 0.258 e. The minimum Gasteiger partial charge on any atom is -0.482 e. The second-order valence-electron chi connectivity index (χ2n) is 4.65. The fourth-order valence-electron chi connectivity index (χ4n) is 1.82. The summed E-state index contributed by atoms with van der Waals surface area (Å²) in [6, 6.07) is 6.70. The van der Waals surface area contributed by atoms with Crippen molar-refractivity contribution < 1.29 is 14.6 Å². The topological polar surface area (TPSA) is 58.6 Å². The number of carbonyl (C=O) groups excluding carboxylic acids is 1. The summed E-state index contributed by atoms with van der Waals surface area (Å²) in [5.41, 5.74) is 1.01. The number of thiophene rings is 1. The molecule has 0 spiro atoms. The third kappa shape index (κ3) is 4.61. The summed E-state index contributed by atoms with van der Waals surface area (Å²) in [5.74, 6) is 0.0511. The number of rotatable bonds is 6. The average molecular weight is 360 g/mol. The molecule has 1 atom stereocenters. The van der Waals surface area contributed by atoms with Crippen molar-refractivity contribution >= 4 is 40.4 Å². The van der Waals surface area contributed by atoms with Crippen LogP contribution in [-0.2, 0) is 4.79 Å². The lowest BCUT2D eigenvalue weighted by molar-refractivity contribution is -0.123. The largest absolute Gasteiger partial charge is 0.482 e. The van der Waals surface area contributed by atoms with Gasteiger partial charge in [0.1, 0.15) is 11.9 Å². The number of benzene rings is 1. The van der Waals surface area contributed by atoms with E-state index in [1.54, 1.807) is 18.2 Å². The lowest BCUT2D eigenvalue weighted by Crippen LogP contribution is -2.32. The second-order valence-corrected chi connectivity index (χ2v) is 6.44. The molecule has 4 nitrogen and oxygen atoms in total. The first-order valence-corrected chi connectivity index (χ1v) is 8.17. The molecule has 0 fully saturated rings. The Kier molecular flexibility index (Phi) is 6.08. The highest BCUT2D eigenvalue weighted by Crippen LogP contribution is 2.27. The lowest BCUT2D eigenvalue weighted by atomic mass is 10.2. The molecule has 1 aromatic heterocycles. The number of aliphatic hydroxyl groups excluding tert-OH is 1. The van der Waals surface area contributed by atoms with Crippen LogP contribution in [-0.4, -0.2) is 24.2 Å². The number of ether oxygens (including phenoxy) is 1. The van der Waals surface area contributed by atoms with Crippen LogP contribution in [0.1, 0.15) is 16.5 Å². The van der Waals surface area contributed by atoms with E-state index in [9.17, 15) is 9.90 Å². The predicted octanol–water partition coefficient (Wildman–Crippen LogP) is 3.59. The number of hydrogen-bond donors (Lipinski definition) is 2. The first-order chi connectivity index (χ1) is 10.5. The van der Waals surface area contributed by atoms with Crippen molar-refractivity contribution in [2.75, 3.05) is 13.2 Å². The van der Waals surface area contributed by atoms with E-state index in [2.05, 4.69) is 5.32 Å². The van der Waals surface area contributed by atoms with E-state index in [0.29, 0.717) is 15.8 Å². The highest BCUT2D eigenvalue weighted by Gasteiger charge is 2.13. The summed E-state index contributed by atoms with van der Waals surface area (Å²) in [4.78, 5) is 12.6. The van der Waals surface area contributed by atoms with Crippen LogP contribution in [0, 0.1) is 6.92 Å². The highest BCUT2D eigenvalue weighted by molar-refractivity contribution is 7.10. The smallest absolute Gasteiger partial charge is 0.258 e. The average Bonchev–Trinajstić information content (AvgIpc) is 2.90. The van der Waals surface area contributed by atoms with Crippen molar-refractivity contribution in [3.05, 3.63) is 50.1 Å². The van der Waals surface area contributed by atoms with Crippen molar-refractivity contribution in [2.24, 2.45) is 0 Å². The van der Waals surface area contributed by atoms with Crippen LogP contribution in [0.25, 0.3) is 0 Å². The number of aryl methyl sites for hydroxylation is 1. The van der Waals surface area contributed by atoms with Gasteiger partial charge in [-0.15, -0.1) is 11.3 Å². The van der Waals surface area contributed by atoms with Crippen molar-refractivity contribution in [1.29, 1.82) is 0 Å². The molecule has 0 saturated carbocycles. The van der Waals surface area contributed by atoms with E-state index >= 15 is 0 Å². The van der Waals surface area contributed by atoms with Gasteiger partial charge in [0.15, 0.2) is 6.61 Å². The van der Waals surface area contributed by atoms with Gasteiger partial charge in [0, 0.05) is 16.4 Å². The molecule has 0 bridgehead atoms. The minimum atomic E-state index is -0.719. The van der Waals surface area contributed by atoms with Crippen LogP contribution in [0.4, 0.5) is 0 Å². The summed E-state index contributed by atoms with van der Waals surface area (Å²) in [6.07, 6.45) is -0.719. The Bertz CT molecular complexity index is 660. The minimum absolute atomic E-state index is 0.137. The standard InChI is InChI=1S/C15H15Cl2NO3S/c1-9-4-5-22-15(9)12(19)7-18-14(20)8-21-13-3-2-10(16)6-11(13)17/h2-6,12,19H,7-8H2,1H3,(H,18,20)/t12-/m1/s1. The van der Waals surface area contributed by atoms with Crippen LogP contribution >= 0.6 is 34.5 Å². The molecule has 118 valence electrons. The molecule has 1 heterocycles. The first kappa shape index (κ1) is 17.1. The van der Waals surface area contributed by atoms with Gasteiger partial charge in [0.05, 0.1) is 5.02 Å². The number of amides is 1. The fraction of sp³-hybridized carbons (Fsp3) is 0.267. The Balaban J connectivity index is 1.80. The fourth-order valence-corrected chi connectivity index (χ4v) is 3.19. The number of halogens is 2. The van der Waals surface area contributed by atoms with Gasteiger partial charge < -0.3 is 15.2 Å². The normalized spacial score (nSPS) is 12.0. The maximum absolute atomic E-state index is 11.7. The van der Waals surface area contributed by atoms with Gasteiger partial charge in [-0.2, -0.15) is 0 Å². The SMILES string of the molecule is Cc1ccsc1[C@H](O)CNC(=O)COc1ccc(Cl)cc1Cl. The number of aliphatic hydroxyl groups is 1. The Morgan fingerprint density at radius 2 is 2.18 bits per heavy atom. The van der Waals surface area contributed by atoms with Crippen molar-refractivity contribution in [3.8, 4) is 5.75 Å². The van der Waals surface area contributed by atoms with E-state index in [1.807, 2.05) is 18.4 Å². The van der Waals surface area contributed by atoms with Crippen LogP contribution in [0.15, 0.2) is 29.6 Å². The molecular formula is C15H15Cl2NO3S. The predicted molar refractivity (Wildman–Crippen MR) is 89.0 cm³/mol. The van der Waals surface area contributed by atoms with E-state index < -0.39 is 6.10 Å². The summed E-state index contributed by atoms with van der Waals surface area (Å²) >= 11 is 13.2. The zero-order chi connectivity index (χ0) is 16.1. The Morgan fingerprint density at radius 1 is 1.41 bits per heavy atom. The van der Waals surface area contributed by atoms with Gasteiger partial charge >= 0.3 is 0 Å². The van der Waals surface area contributed by atoms with Crippen LogP contribution in [0.5, 0.6) is 5.75 Å². The van der Waals surface area contributed by atoms with Crippen molar-refractivity contribution in [1.82, 2.24) is 5.32 Å². The number of hydrogen-bond acceptors (Lipinski definition) is 4. The van der Waals surface area contributed by atoms with Gasteiger partial charge in [0.25, 0.3) is 5.91 Å². The molecule has 0 aliphatic rings. The molecular weight excluding hydrogens is 345 g/mol. The van der Waals surface area contributed by atoms with Crippen LogP contribution < -0.4 is 10.1 Å². The van der Waals surface area contributed by atoms with Crippen molar-refractivity contribution in [3.63, 3.8) is 0 Å². The van der Waals surface area contributed by atoms with Gasteiger partial charge in [-0.05, 0) is 42.1 Å². The summed E-state index contributed by atoms with van der Waals surface area (Å²) in [6.45, 7) is 1.87. The molecule has 0 unspecified atom stereocenters. The van der Waals surface area contributed by atoms with E-state index in [4.69, 9.17) is 27.9 Å². The van der Waals surface area contributed by atoms with Gasteiger partial charge in [-0.1, -0.05) is 23.2 Å².